The molecule has 0 fully saturated rings. The minimum Gasteiger partial charge on any atom is -0.508 e. The Hall–Kier alpha value is -1.92. The Morgan fingerprint density at radius 2 is 1.83 bits per heavy atom. The number of aliphatic hydroxyl groups is 2. The van der Waals surface area contributed by atoms with Crippen LogP contribution in [0.4, 0.5) is 0 Å². The maximum absolute atomic E-state index is 10.5. The molecule has 1 unspecified atom stereocenters. The fourth-order valence-electron chi connectivity index (χ4n) is 2.67. The second-order valence-corrected chi connectivity index (χ2v) is 6.67. The minimum absolute atomic E-state index is 0.0358. The number of hydrogen-bond acceptors (Lipinski definition) is 5. The molecule has 2 aromatic carbocycles. The molecule has 166 valence electrons. The summed E-state index contributed by atoms with van der Waals surface area (Å²) in [6.45, 7) is -6.93. The molecule has 0 aliphatic rings. The van der Waals surface area contributed by atoms with Crippen LogP contribution in [-0.4, -0.2) is 41.5 Å². The molecule has 4 N–H and O–H groups in total. The molecule has 0 saturated carbocycles. The molecule has 1 atom stereocenters. The molecule has 30 heavy (non-hydrogen) atoms. The highest BCUT2D eigenvalue weighted by Gasteiger charge is 2.09. The van der Waals surface area contributed by atoms with E-state index >= 15 is 0 Å². The van der Waals surface area contributed by atoms with Crippen molar-refractivity contribution >= 4 is 0 Å². The van der Waals surface area contributed by atoms with Crippen LogP contribution < -0.4 is 5.32 Å². The van der Waals surface area contributed by atoms with Crippen LogP contribution in [0.15, 0.2) is 48.5 Å². The number of hydrogen-bond donors (Lipinski definition) is 4. The molecule has 0 amide bonds. The molecule has 0 bridgehead atoms. The molecule has 2 aromatic rings. The van der Waals surface area contributed by atoms with Gasteiger partial charge in [0, 0.05) is 33.5 Å². The van der Waals surface area contributed by atoms with E-state index in [0.717, 1.165) is 18.1 Å². The second-order valence-electron chi connectivity index (χ2n) is 6.67. The molecule has 0 heterocycles. The summed E-state index contributed by atoms with van der Waals surface area (Å²) in [5, 5.41) is 31.6. The number of rotatable bonds is 16. The van der Waals surface area contributed by atoms with E-state index in [-0.39, 0.29) is 23.5 Å². The summed E-state index contributed by atoms with van der Waals surface area (Å²) in [5.41, 5.74) is 1.10. The standard InChI is InChI=1S/C25H37NO4/c27-20-23-18-22(13-14-24(23)28)25(29)19-26-15-7-1-2-8-16-30-17-9-6-12-21-10-4-3-5-11-21/h3-5,10-11,13-14,18,25-29H,1-2,6-9,12,15-17,19-20H2/i7D2,8D2,15D2,16D2,25D. The van der Waals surface area contributed by atoms with E-state index < -0.39 is 57.9 Å². The average molecular weight is 425 g/mol. The molecule has 0 aromatic heterocycles. The van der Waals surface area contributed by atoms with Crippen molar-refractivity contribution < 1.29 is 32.4 Å². The lowest BCUT2D eigenvalue weighted by Gasteiger charge is -2.14. The number of nitrogens with one attached hydrogen (secondary N) is 1. The smallest absolute Gasteiger partial charge is 0.121 e. The van der Waals surface area contributed by atoms with Crippen molar-refractivity contribution in [1.29, 1.82) is 0 Å². The maximum Gasteiger partial charge on any atom is 0.121 e. The van der Waals surface area contributed by atoms with Gasteiger partial charge in [-0.15, -0.1) is 0 Å². The zero-order valence-electron chi connectivity index (χ0n) is 26.0. The van der Waals surface area contributed by atoms with Crippen molar-refractivity contribution in [1.82, 2.24) is 5.32 Å². The van der Waals surface area contributed by atoms with Crippen LogP contribution in [0.5, 0.6) is 5.75 Å². The third kappa shape index (κ3) is 9.72. The van der Waals surface area contributed by atoms with Crippen LogP contribution in [0.25, 0.3) is 0 Å². The average Bonchev–Trinajstić information content (AvgIpc) is 2.87. The van der Waals surface area contributed by atoms with E-state index in [9.17, 15) is 15.3 Å². The van der Waals surface area contributed by atoms with Crippen molar-refractivity contribution in [3.05, 3.63) is 65.2 Å². The normalized spacial score (nSPS) is 19.6. The number of ether oxygens (including phenoxy) is 1. The van der Waals surface area contributed by atoms with Crippen LogP contribution >= 0.6 is 0 Å². The molecule has 2 rings (SSSR count). The highest BCUT2D eigenvalue weighted by Crippen LogP contribution is 2.22. The maximum atomic E-state index is 10.5. The van der Waals surface area contributed by atoms with E-state index in [2.05, 4.69) is 5.32 Å². The number of benzene rings is 2. The lowest BCUT2D eigenvalue weighted by molar-refractivity contribution is 0.126. The number of aromatic hydroxyl groups is 1. The molecule has 5 heteroatoms. The molecule has 0 radical (unpaired) electrons. The Labute approximate surface area is 193 Å². The highest BCUT2D eigenvalue weighted by atomic mass is 16.5. The second kappa shape index (κ2) is 15.0. The molecule has 5 nitrogen and oxygen atoms in total. The molecule has 0 aliphatic heterocycles. The third-order valence-electron chi connectivity index (χ3n) is 4.34. The first kappa shape index (κ1) is 14.2. The van der Waals surface area contributed by atoms with E-state index in [4.69, 9.17) is 17.1 Å². The van der Waals surface area contributed by atoms with Gasteiger partial charge >= 0.3 is 0 Å². The van der Waals surface area contributed by atoms with Gasteiger partial charge in [0.2, 0.25) is 0 Å². The number of aryl methyl sites for hydroxylation is 1. The summed E-state index contributed by atoms with van der Waals surface area (Å²) >= 11 is 0. The predicted octanol–water partition coefficient (Wildman–Crippen LogP) is 4.11. The minimum atomic E-state index is -2.83. The molecule has 0 spiro atoms. The van der Waals surface area contributed by atoms with Gasteiger partial charge in [-0.05, 0) is 61.8 Å². The summed E-state index contributed by atoms with van der Waals surface area (Å²) in [6, 6.07) is 13.3. The van der Waals surface area contributed by atoms with Crippen LogP contribution in [0.3, 0.4) is 0 Å². The first-order chi connectivity index (χ1) is 17.9. The van der Waals surface area contributed by atoms with Crippen molar-refractivity contribution in [2.45, 2.75) is 57.5 Å². The number of phenols is 1. The van der Waals surface area contributed by atoms with Crippen LogP contribution in [0, 0.1) is 0 Å². The fourth-order valence-corrected chi connectivity index (χ4v) is 2.67. The zero-order valence-corrected chi connectivity index (χ0v) is 17.0. The summed E-state index contributed by atoms with van der Waals surface area (Å²) in [7, 11) is 0. The monoisotopic (exact) mass is 424 g/mol. The quantitative estimate of drug-likeness (QED) is 0.305. The Bertz CT molecular complexity index is 1050. The van der Waals surface area contributed by atoms with Gasteiger partial charge in [-0.3, -0.25) is 0 Å². The summed E-state index contributed by atoms with van der Waals surface area (Å²) in [5.74, 6) is -0.248. The van der Waals surface area contributed by atoms with Gasteiger partial charge in [-0.2, -0.15) is 0 Å². The van der Waals surface area contributed by atoms with Gasteiger partial charge in [-0.1, -0.05) is 49.2 Å². The van der Waals surface area contributed by atoms with Gasteiger partial charge in [0.15, 0.2) is 0 Å². The number of aliphatic hydroxyl groups excluding tert-OH is 1. The largest absolute Gasteiger partial charge is 0.508 e. The van der Waals surface area contributed by atoms with Crippen LogP contribution in [0.1, 0.15) is 73.5 Å². The molecular weight excluding hydrogens is 378 g/mol. The van der Waals surface area contributed by atoms with E-state index in [1.165, 1.54) is 12.1 Å². The third-order valence-corrected chi connectivity index (χ3v) is 4.34. The Kier molecular flexibility index (Phi) is 7.08. The first-order valence-electron chi connectivity index (χ1n) is 14.5. The van der Waals surface area contributed by atoms with Crippen molar-refractivity contribution in [3.63, 3.8) is 0 Å². The van der Waals surface area contributed by atoms with Crippen molar-refractivity contribution in [3.8, 4) is 5.75 Å². The summed E-state index contributed by atoms with van der Waals surface area (Å²) in [4.78, 5) is 0. The lowest BCUT2D eigenvalue weighted by atomic mass is 10.1. The Morgan fingerprint density at radius 1 is 1.03 bits per heavy atom. The molecule has 0 saturated heterocycles. The van der Waals surface area contributed by atoms with Gasteiger partial charge < -0.3 is 25.4 Å². The molecule has 0 aliphatic carbocycles. The molecular formula is C25H37NO4. The lowest BCUT2D eigenvalue weighted by Crippen LogP contribution is -2.22. The van der Waals surface area contributed by atoms with Gasteiger partial charge in [0.1, 0.15) is 5.75 Å². The van der Waals surface area contributed by atoms with Crippen molar-refractivity contribution in [2.24, 2.45) is 0 Å². The summed E-state index contributed by atoms with van der Waals surface area (Å²) < 4.78 is 78.3. The van der Waals surface area contributed by atoms with Gasteiger partial charge in [0.25, 0.3) is 0 Å². The van der Waals surface area contributed by atoms with Crippen LogP contribution in [-0.2, 0) is 17.8 Å². The van der Waals surface area contributed by atoms with Crippen molar-refractivity contribution in [2.75, 3.05) is 26.2 Å². The SMILES string of the molecule is [2H]C(O)(CNC([2H])([2H])C([2H])([2H])CCC([2H])([2H])C([2H])([2H])OCCCCc1ccccc1)c1ccc(O)c(CO)c1. The fraction of sp³-hybridized carbons (Fsp3) is 0.520. The topological polar surface area (TPSA) is 82.0 Å². The Balaban J connectivity index is 1.91. The van der Waals surface area contributed by atoms with E-state index in [1.54, 1.807) is 0 Å². The first-order valence-corrected chi connectivity index (χ1v) is 10.0. The summed E-state index contributed by atoms with van der Waals surface area (Å²) in [6.07, 6.45) is -7.22. The number of unbranched alkanes of at least 4 members (excludes halogenated alkanes) is 1. The predicted molar refractivity (Wildman–Crippen MR) is 121 cm³/mol. The van der Waals surface area contributed by atoms with E-state index in [0.29, 0.717) is 12.8 Å². The zero-order chi connectivity index (χ0) is 29.5. The van der Waals surface area contributed by atoms with Gasteiger partial charge in [-0.25, -0.2) is 0 Å². The van der Waals surface area contributed by atoms with Crippen LogP contribution in [0.2, 0.25) is 0 Å². The highest BCUT2D eigenvalue weighted by molar-refractivity contribution is 5.36. The Morgan fingerprint density at radius 3 is 2.63 bits per heavy atom. The van der Waals surface area contributed by atoms with Gasteiger partial charge in [0.05, 0.1) is 16.8 Å². The van der Waals surface area contributed by atoms with E-state index in [1.807, 2.05) is 30.3 Å².